The second kappa shape index (κ2) is 5.28. The van der Waals surface area contributed by atoms with Crippen molar-refractivity contribution in [2.45, 2.75) is 32.2 Å². The van der Waals surface area contributed by atoms with Gasteiger partial charge in [-0.2, -0.15) is 0 Å². The van der Waals surface area contributed by atoms with Gasteiger partial charge in [-0.3, -0.25) is 4.90 Å². The molecule has 0 aromatic rings. The van der Waals surface area contributed by atoms with Gasteiger partial charge in [0.25, 0.3) is 0 Å². The fourth-order valence-corrected chi connectivity index (χ4v) is 3.02. The topological polar surface area (TPSA) is 38.5 Å². The van der Waals surface area contributed by atoms with Gasteiger partial charge in [-0.25, -0.2) is 0 Å². The highest BCUT2D eigenvalue weighted by molar-refractivity contribution is 4.85. The monoisotopic (exact) mass is 212 g/mol. The Balaban J connectivity index is 1.92. The molecule has 0 aromatic carbocycles. The van der Waals surface area contributed by atoms with E-state index in [-0.39, 0.29) is 0 Å². The number of ether oxygens (including phenoxy) is 1. The Labute approximate surface area is 93.0 Å². The zero-order valence-electron chi connectivity index (χ0n) is 9.82. The maximum Gasteiger partial charge on any atom is 0.0510 e. The molecule has 2 aliphatic heterocycles. The minimum absolute atomic E-state index is 0.565. The van der Waals surface area contributed by atoms with Crippen LogP contribution in [0.15, 0.2) is 0 Å². The quantitative estimate of drug-likeness (QED) is 0.761. The first kappa shape index (κ1) is 11.4. The van der Waals surface area contributed by atoms with Crippen LogP contribution in [0.5, 0.6) is 0 Å². The molecular formula is C12H24N2O. The average molecular weight is 212 g/mol. The Morgan fingerprint density at radius 3 is 2.93 bits per heavy atom. The Hall–Kier alpha value is -0.120. The van der Waals surface area contributed by atoms with Crippen molar-refractivity contribution in [2.24, 2.45) is 17.6 Å². The molecule has 0 aliphatic carbocycles. The summed E-state index contributed by atoms with van der Waals surface area (Å²) in [4.78, 5) is 2.60. The smallest absolute Gasteiger partial charge is 0.0510 e. The minimum Gasteiger partial charge on any atom is -0.381 e. The summed E-state index contributed by atoms with van der Waals surface area (Å²) >= 11 is 0. The van der Waals surface area contributed by atoms with Crippen LogP contribution in [0.1, 0.15) is 26.2 Å². The summed E-state index contributed by atoms with van der Waals surface area (Å²) in [5.41, 5.74) is 5.93. The van der Waals surface area contributed by atoms with Gasteiger partial charge in [-0.05, 0) is 31.7 Å². The summed E-state index contributed by atoms with van der Waals surface area (Å²) < 4.78 is 5.48. The number of nitrogens with two attached hydrogens (primary N) is 1. The van der Waals surface area contributed by atoms with Crippen LogP contribution in [-0.2, 0) is 4.74 Å². The molecule has 3 atom stereocenters. The molecule has 0 radical (unpaired) electrons. The first-order chi connectivity index (χ1) is 7.31. The lowest BCUT2D eigenvalue weighted by Crippen LogP contribution is -2.49. The highest BCUT2D eigenvalue weighted by Gasteiger charge is 2.31. The molecule has 0 spiro atoms. The summed E-state index contributed by atoms with van der Waals surface area (Å²) in [6.45, 7) is 7.48. The molecule has 3 heteroatoms. The maximum atomic E-state index is 5.93. The molecule has 2 aliphatic rings. The van der Waals surface area contributed by atoms with Crippen LogP contribution < -0.4 is 5.73 Å². The van der Waals surface area contributed by atoms with Crippen molar-refractivity contribution < 1.29 is 4.74 Å². The zero-order chi connectivity index (χ0) is 10.7. The summed E-state index contributed by atoms with van der Waals surface area (Å²) in [6, 6.07) is 0.565. The van der Waals surface area contributed by atoms with Crippen molar-refractivity contribution in [1.29, 1.82) is 0 Å². The largest absolute Gasteiger partial charge is 0.381 e. The molecule has 2 fully saturated rings. The van der Waals surface area contributed by atoms with Crippen molar-refractivity contribution in [3.8, 4) is 0 Å². The Bertz CT molecular complexity index is 192. The molecule has 2 N–H and O–H groups in total. The number of piperidine rings is 1. The molecule has 0 amide bonds. The minimum atomic E-state index is 0.565. The Kier molecular flexibility index (Phi) is 4.00. The van der Waals surface area contributed by atoms with Gasteiger partial charge in [-0.1, -0.05) is 6.92 Å². The third-order valence-corrected chi connectivity index (χ3v) is 3.91. The van der Waals surface area contributed by atoms with E-state index in [2.05, 4.69) is 11.8 Å². The highest BCUT2D eigenvalue weighted by atomic mass is 16.5. The predicted octanol–water partition coefficient (Wildman–Crippen LogP) is 1.08. The van der Waals surface area contributed by atoms with Gasteiger partial charge < -0.3 is 10.5 Å². The van der Waals surface area contributed by atoms with E-state index in [1.165, 1.54) is 32.4 Å². The molecule has 2 rings (SSSR count). The second-order valence-corrected chi connectivity index (χ2v) is 5.17. The summed E-state index contributed by atoms with van der Waals surface area (Å²) in [6.07, 6.45) is 3.92. The van der Waals surface area contributed by atoms with E-state index in [1.54, 1.807) is 0 Å². The van der Waals surface area contributed by atoms with Crippen LogP contribution in [0.25, 0.3) is 0 Å². The molecule has 15 heavy (non-hydrogen) atoms. The number of likely N-dealkylation sites (tertiary alicyclic amines) is 1. The lowest BCUT2D eigenvalue weighted by Gasteiger charge is -2.39. The van der Waals surface area contributed by atoms with Gasteiger partial charge in [0.15, 0.2) is 0 Å². The Morgan fingerprint density at radius 1 is 1.47 bits per heavy atom. The maximum absolute atomic E-state index is 5.93. The fraction of sp³-hybridized carbons (Fsp3) is 1.00. The summed E-state index contributed by atoms with van der Waals surface area (Å²) in [5, 5.41) is 0. The highest BCUT2D eigenvalue weighted by Crippen LogP contribution is 2.25. The zero-order valence-corrected chi connectivity index (χ0v) is 9.82. The number of hydrogen-bond acceptors (Lipinski definition) is 3. The lowest BCUT2D eigenvalue weighted by atomic mass is 9.92. The number of hydrogen-bond donors (Lipinski definition) is 1. The summed E-state index contributed by atoms with van der Waals surface area (Å²) in [5.74, 6) is 1.52. The molecule has 3 nitrogen and oxygen atoms in total. The summed E-state index contributed by atoms with van der Waals surface area (Å²) in [7, 11) is 0. The van der Waals surface area contributed by atoms with Gasteiger partial charge in [0.05, 0.1) is 6.61 Å². The van der Waals surface area contributed by atoms with Crippen LogP contribution >= 0.6 is 0 Å². The predicted molar refractivity (Wildman–Crippen MR) is 61.7 cm³/mol. The van der Waals surface area contributed by atoms with E-state index in [9.17, 15) is 0 Å². The third kappa shape index (κ3) is 2.71. The SMILES string of the molecule is CC1CCCN(C(CN)C2CCOC2)C1. The van der Waals surface area contributed by atoms with E-state index in [0.29, 0.717) is 12.0 Å². The van der Waals surface area contributed by atoms with Gasteiger partial charge in [0.1, 0.15) is 0 Å². The first-order valence-corrected chi connectivity index (χ1v) is 6.33. The molecule has 88 valence electrons. The van der Waals surface area contributed by atoms with Crippen molar-refractivity contribution in [1.82, 2.24) is 4.90 Å². The van der Waals surface area contributed by atoms with Crippen LogP contribution in [0.3, 0.4) is 0 Å². The Morgan fingerprint density at radius 2 is 2.33 bits per heavy atom. The van der Waals surface area contributed by atoms with E-state index in [1.807, 2.05) is 0 Å². The molecular weight excluding hydrogens is 188 g/mol. The number of nitrogens with zero attached hydrogens (tertiary/aromatic N) is 1. The van der Waals surface area contributed by atoms with E-state index in [4.69, 9.17) is 10.5 Å². The fourth-order valence-electron chi connectivity index (χ4n) is 3.02. The van der Waals surface area contributed by atoms with Crippen molar-refractivity contribution in [3.63, 3.8) is 0 Å². The van der Waals surface area contributed by atoms with E-state index in [0.717, 1.165) is 25.7 Å². The molecule has 0 aromatic heterocycles. The third-order valence-electron chi connectivity index (χ3n) is 3.91. The van der Waals surface area contributed by atoms with E-state index >= 15 is 0 Å². The van der Waals surface area contributed by atoms with Crippen molar-refractivity contribution >= 4 is 0 Å². The molecule has 0 bridgehead atoms. The van der Waals surface area contributed by atoms with E-state index < -0.39 is 0 Å². The van der Waals surface area contributed by atoms with Crippen LogP contribution in [0.4, 0.5) is 0 Å². The van der Waals surface area contributed by atoms with Crippen molar-refractivity contribution in [2.75, 3.05) is 32.8 Å². The standard InChI is InChI=1S/C12H24N2O/c1-10-3-2-5-14(8-10)12(7-13)11-4-6-15-9-11/h10-12H,2-9,13H2,1H3. The van der Waals surface area contributed by atoms with Crippen LogP contribution in [0.2, 0.25) is 0 Å². The van der Waals surface area contributed by atoms with Gasteiger partial charge in [0.2, 0.25) is 0 Å². The molecule has 2 heterocycles. The van der Waals surface area contributed by atoms with Gasteiger partial charge >= 0.3 is 0 Å². The lowest BCUT2D eigenvalue weighted by molar-refractivity contribution is 0.0857. The van der Waals surface area contributed by atoms with Gasteiger partial charge in [0, 0.05) is 31.7 Å². The average Bonchev–Trinajstić information content (AvgIpc) is 2.72. The van der Waals surface area contributed by atoms with Crippen molar-refractivity contribution in [3.05, 3.63) is 0 Å². The van der Waals surface area contributed by atoms with Crippen LogP contribution in [-0.4, -0.2) is 43.8 Å². The molecule has 0 saturated carbocycles. The van der Waals surface area contributed by atoms with Crippen LogP contribution in [0, 0.1) is 11.8 Å². The molecule has 3 unspecified atom stereocenters. The number of rotatable bonds is 3. The molecule has 2 saturated heterocycles. The van der Waals surface area contributed by atoms with Gasteiger partial charge in [-0.15, -0.1) is 0 Å². The first-order valence-electron chi connectivity index (χ1n) is 6.33. The normalized spacial score (nSPS) is 35.6. The second-order valence-electron chi connectivity index (χ2n) is 5.17.